The van der Waals surface area contributed by atoms with Crippen molar-refractivity contribution in [3.05, 3.63) is 29.3 Å². The standard InChI is InChI=1S/C12H15NO2/c1-14-11-5-8-3-4-9(7-13)10(8)6-12(11)15-2/h4-6H,3,7,13H2,1-2H3. The van der Waals surface area contributed by atoms with E-state index in [0.717, 1.165) is 17.9 Å². The SMILES string of the molecule is COc1cc2c(cc1OC)C(CN)=CC2. The maximum absolute atomic E-state index is 5.67. The van der Waals surface area contributed by atoms with Crippen LogP contribution < -0.4 is 15.2 Å². The normalized spacial score (nSPS) is 13.4. The summed E-state index contributed by atoms with van der Waals surface area (Å²) in [5.74, 6) is 1.54. The highest BCUT2D eigenvalue weighted by molar-refractivity contribution is 5.76. The molecule has 0 bridgehead atoms. The molecule has 0 heterocycles. The lowest BCUT2D eigenvalue weighted by Crippen LogP contribution is -2.01. The Morgan fingerprint density at radius 1 is 1.20 bits per heavy atom. The van der Waals surface area contributed by atoms with Crippen LogP contribution >= 0.6 is 0 Å². The molecule has 1 aromatic carbocycles. The highest BCUT2D eigenvalue weighted by atomic mass is 16.5. The molecule has 0 fully saturated rings. The third-order valence-corrected chi connectivity index (χ3v) is 2.74. The fourth-order valence-electron chi connectivity index (χ4n) is 1.93. The number of hydrogen-bond acceptors (Lipinski definition) is 3. The van der Waals surface area contributed by atoms with Crippen LogP contribution in [0.2, 0.25) is 0 Å². The first-order valence-corrected chi connectivity index (χ1v) is 4.94. The van der Waals surface area contributed by atoms with Crippen LogP contribution in [0.5, 0.6) is 11.5 Å². The molecule has 0 saturated carbocycles. The van der Waals surface area contributed by atoms with Crippen LogP contribution in [-0.4, -0.2) is 20.8 Å². The Morgan fingerprint density at radius 3 is 2.47 bits per heavy atom. The molecule has 15 heavy (non-hydrogen) atoms. The van der Waals surface area contributed by atoms with E-state index in [9.17, 15) is 0 Å². The van der Waals surface area contributed by atoms with Crippen LogP contribution in [0, 0.1) is 0 Å². The number of hydrogen-bond donors (Lipinski definition) is 1. The molecule has 0 atom stereocenters. The summed E-state index contributed by atoms with van der Waals surface area (Å²) in [6, 6.07) is 4.02. The fraction of sp³-hybridized carbons (Fsp3) is 0.333. The van der Waals surface area contributed by atoms with E-state index in [4.69, 9.17) is 15.2 Å². The van der Waals surface area contributed by atoms with E-state index in [2.05, 4.69) is 6.08 Å². The van der Waals surface area contributed by atoms with Gasteiger partial charge in [-0.15, -0.1) is 0 Å². The Bertz CT molecular complexity index is 410. The van der Waals surface area contributed by atoms with Gasteiger partial charge in [0.25, 0.3) is 0 Å². The molecule has 3 heteroatoms. The Hall–Kier alpha value is -1.48. The van der Waals surface area contributed by atoms with Gasteiger partial charge in [0, 0.05) is 6.54 Å². The van der Waals surface area contributed by atoms with Crippen molar-refractivity contribution in [2.45, 2.75) is 6.42 Å². The van der Waals surface area contributed by atoms with Gasteiger partial charge in [0.1, 0.15) is 0 Å². The number of fused-ring (bicyclic) bond motifs is 1. The first-order valence-electron chi connectivity index (χ1n) is 4.94. The minimum atomic E-state index is 0.572. The van der Waals surface area contributed by atoms with Gasteiger partial charge in [-0.25, -0.2) is 0 Å². The van der Waals surface area contributed by atoms with Gasteiger partial charge in [0.05, 0.1) is 14.2 Å². The first kappa shape index (κ1) is 10.1. The molecule has 0 aromatic heterocycles. The van der Waals surface area contributed by atoms with E-state index in [1.807, 2.05) is 12.1 Å². The summed E-state index contributed by atoms with van der Waals surface area (Å²) in [6.07, 6.45) is 3.09. The maximum atomic E-state index is 5.67. The number of benzene rings is 1. The average molecular weight is 205 g/mol. The molecule has 0 saturated heterocycles. The molecule has 80 valence electrons. The zero-order valence-electron chi connectivity index (χ0n) is 9.04. The molecule has 0 aliphatic heterocycles. The van der Waals surface area contributed by atoms with Crippen LogP contribution in [0.25, 0.3) is 5.57 Å². The predicted octanol–water partition coefficient (Wildman–Crippen LogP) is 1.60. The van der Waals surface area contributed by atoms with Gasteiger partial charge in [-0.05, 0) is 35.3 Å². The van der Waals surface area contributed by atoms with E-state index in [-0.39, 0.29) is 0 Å². The second-order valence-corrected chi connectivity index (χ2v) is 3.50. The summed E-state index contributed by atoms with van der Waals surface area (Å²) in [5, 5.41) is 0. The monoisotopic (exact) mass is 205 g/mol. The van der Waals surface area contributed by atoms with Gasteiger partial charge in [-0.1, -0.05) is 6.08 Å². The Balaban J connectivity index is 2.49. The lowest BCUT2D eigenvalue weighted by atomic mass is 10.0. The minimum absolute atomic E-state index is 0.572. The van der Waals surface area contributed by atoms with E-state index in [1.54, 1.807) is 14.2 Å². The summed E-state index contributed by atoms with van der Waals surface area (Å²) >= 11 is 0. The van der Waals surface area contributed by atoms with Gasteiger partial charge in [-0.2, -0.15) is 0 Å². The van der Waals surface area contributed by atoms with E-state index < -0.39 is 0 Å². The number of ether oxygens (including phenoxy) is 2. The summed E-state index contributed by atoms with van der Waals surface area (Å²) in [4.78, 5) is 0. The largest absolute Gasteiger partial charge is 0.493 e. The Labute approximate surface area is 89.5 Å². The second kappa shape index (κ2) is 3.95. The van der Waals surface area contributed by atoms with Crippen molar-refractivity contribution < 1.29 is 9.47 Å². The van der Waals surface area contributed by atoms with Crippen molar-refractivity contribution in [1.82, 2.24) is 0 Å². The molecule has 1 aliphatic carbocycles. The third-order valence-electron chi connectivity index (χ3n) is 2.74. The van der Waals surface area contributed by atoms with Crippen molar-refractivity contribution in [2.75, 3.05) is 20.8 Å². The molecule has 1 aromatic rings. The smallest absolute Gasteiger partial charge is 0.161 e. The third kappa shape index (κ3) is 1.59. The average Bonchev–Trinajstić information content (AvgIpc) is 2.68. The fourth-order valence-corrected chi connectivity index (χ4v) is 1.93. The molecule has 0 radical (unpaired) electrons. The van der Waals surface area contributed by atoms with Crippen molar-refractivity contribution in [3.63, 3.8) is 0 Å². The number of rotatable bonds is 3. The number of nitrogens with two attached hydrogens (primary N) is 1. The van der Waals surface area contributed by atoms with Gasteiger partial charge >= 0.3 is 0 Å². The van der Waals surface area contributed by atoms with Crippen molar-refractivity contribution in [1.29, 1.82) is 0 Å². The predicted molar refractivity (Wildman–Crippen MR) is 60.3 cm³/mol. The van der Waals surface area contributed by atoms with Crippen LogP contribution in [0.1, 0.15) is 11.1 Å². The highest BCUT2D eigenvalue weighted by Gasteiger charge is 2.16. The van der Waals surface area contributed by atoms with Crippen molar-refractivity contribution in [3.8, 4) is 11.5 Å². The van der Waals surface area contributed by atoms with Gasteiger partial charge in [0.15, 0.2) is 11.5 Å². The molecule has 0 spiro atoms. The van der Waals surface area contributed by atoms with Crippen molar-refractivity contribution in [2.24, 2.45) is 5.73 Å². The molecular formula is C12H15NO2. The molecule has 1 aliphatic rings. The number of methoxy groups -OCH3 is 2. The van der Waals surface area contributed by atoms with E-state index >= 15 is 0 Å². The zero-order chi connectivity index (χ0) is 10.8. The highest BCUT2D eigenvalue weighted by Crippen LogP contribution is 2.36. The van der Waals surface area contributed by atoms with Crippen LogP contribution in [-0.2, 0) is 6.42 Å². The summed E-state index contributed by atoms with van der Waals surface area (Å²) < 4.78 is 10.5. The van der Waals surface area contributed by atoms with Crippen molar-refractivity contribution >= 4 is 5.57 Å². The van der Waals surface area contributed by atoms with Crippen LogP contribution in [0.15, 0.2) is 18.2 Å². The van der Waals surface area contributed by atoms with Gasteiger partial charge in [-0.3, -0.25) is 0 Å². The van der Waals surface area contributed by atoms with Gasteiger partial charge < -0.3 is 15.2 Å². The quantitative estimate of drug-likeness (QED) is 0.815. The topological polar surface area (TPSA) is 44.5 Å². The Morgan fingerprint density at radius 2 is 1.87 bits per heavy atom. The second-order valence-electron chi connectivity index (χ2n) is 3.50. The van der Waals surface area contributed by atoms with Crippen LogP contribution in [0.3, 0.4) is 0 Å². The Kier molecular flexibility index (Phi) is 2.64. The lowest BCUT2D eigenvalue weighted by Gasteiger charge is -2.11. The van der Waals surface area contributed by atoms with E-state index in [0.29, 0.717) is 6.54 Å². The number of allylic oxidation sites excluding steroid dienone is 1. The molecule has 2 rings (SSSR count). The summed E-state index contributed by atoms with van der Waals surface area (Å²) in [7, 11) is 3.29. The molecule has 0 unspecified atom stereocenters. The zero-order valence-corrected chi connectivity index (χ0v) is 9.04. The molecule has 2 N–H and O–H groups in total. The van der Waals surface area contributed by atoms with Gasteiger partial charge in [0.2, 0.25) is 0 Å². The lowest BCUT2D eigenvalue weighted by molar-refractivity contribution is 0.354. The summed E-state index contributed by atoms with van der Waals surface area (Å²) in [5.41, 5.74) is 9.30. The first-order chi connectivity index (χ1) is 7.30. The summed E-state index contributed by atoms with van der Waals surface area (Å²) in [6.45, 7) is 0.572. The molecule has 3 nitrogen and oxygen atoms in total. The van der Waals surface area contributed by atoms with Crippen LogP contribution in [0.4, 0.5) is 0 Å². The van der Waals surface area contributed by atoms with E-state index in [1.165, 1.54) is 16.7 Å². The maximum Gasteiger partial charge on any atom is 0.161 e. The molecular weight excluding hydrogens is 190 g/mol. The molecule has 0 amide bonds. The minimum Gasteiger partial charge on any atom is -0.493 e.